The number of aliphatic hydroxyl groups is 2. The van der Waals surface area contributed by atoms with Crippen LogP contribution in [0.3, 0.4) is 0 Å². The first-order chi connectivity index (χ1) is 11.0. The second kappa shape index (κ2) is 7.86. The Hall–Kier alpha value is -1.50. The minimum absolute atomic E-state index is 0.0438. The zero-order chi connectivity index (χ0) is 17.0. The minimum Gasteiger partial charge on any atom is -0.493 e. The molecule has 1 aliphatic carbocycles. The van der Waals surface area contributed by atoms with Gasteiger partial charge < -0.3 is 24.6 Å². The Morgan fingerprint density at radius 2 is 1.70 bits per heavy atom. The maximum Gasteiger partial charge on any atom is 0.160 e. The van der Waals surface area contributed by atoms with E-state index in [-0.39, 0.29) is 6.04 Å². The van der Waals surface area contributed by atoms with Gasteiger partial charge in [-0.1, -0.05) is 23.7 Å². The van der Waals surface area contributed by atoms with Gasteiger partial charge in [-0.05, 0) is 38.1 Å². The van der Waals surface area contributed by atoms with Gasteiger partial charge in [0.1, 0.15) is 7.85 Å². The zero-order valence-electron chi connectivity index (χ0n) is 13.8. The van der Waals surface area contributed by atoms with Gasteiger partial charge in [0.15, 0.2) is 11.5 Å². The van der Waals surface area contributed by atoms with Gasteiger partial charge in [0.2, 0.25) is 0 Å². The summed E-state index contributed by atoms with van der Waals surface area (Å²) in [6.45, 7) is 0.961. The summed E-state index contributed by atoms with van der Waals surface area (Å²) in [4.78, 5) is 2.08. The van der Waals surface area contributed by atoms with Crippen LogP contribution in [0, 0.1) is 5.92 Å². The van der Waals surface area contributed by atoms with Gasteiger partial charge in [0.05, 0.1) is 26.4 Å². The van der Waals surface area contributed by atoms with Crippen molar-refractivity contribution in [1.29, 1.82) is 0 Å². The molecule has 0 aromatic heterocycles. The summed E-state index contributed by atoms with van der Waals surface area (Å²) in [6.07, 6.45) is 1.29. The zero-order valence-corrected chi connectivity index (χ0v) is 13.8. The molecule has 1 aliphatic heterocycles. The molecule has 1 aromatic rings. The van der Waals surface area contributed by atoms with Crippen molar-refractivity contribution in [3.63, 3.8) is 0 Å². The van der Waals surface area contributed by atoms with Crippen LogP contribution in [0.25, 0.3) is 0 Å². The van der Waals surface area contributed by atoms with Gasteiger partial charge in [0, 0.05) is 6.04 Å². The fraction of sp³-hybridized carbons (Fsp3) is 0.529. The fourth-order valence-corrected chi connectivity index (χ4v) is 3.21. The van der Waals surface area contributed by atoms with E-state index in [0.717, 1.165) is 24.5 Å². The molecule has 1 saturated heterocycles. The SMILES string of the molecule is COc1ccccc1OC.[B]C1=CC2CCN(C)C2C(O)C1O. The van der Waals surface area contributed by atoms with E-state index in [0.29, 0.717) is 11.4 Å². The fourth-order valence-electron chi connectivity index (χ4n) is 3.21. The van der Waals surface area contributed by atoms with E-state index >= 15 is 0 Å². The van der Waals surface area contributed by atoms with E-state index in [1.807, 2.05) is 37.4 Å². The smallest absolute Gasteiger partial charge is 0.160 e. The number of nitrogens with zero attached hydrogens (tertiary/aromatic N) is 1. The predicted molar refractivity (Wildman–Crippen MR) is 89.9 cm³/mol. The van der Waals surface area contributed by atoms with Gasteiger partial charge in [-0.15, -0.1) is 0 Å². The first-order valence-electron chi connectivity index (χ1n) is 7.70. The van der Waals surface area contributed by atoms with Crippen LogP contribution in [0.4, 0.5) is 0 Å². The maximum atomic E-state index is 9.78. The number of likely N-dealkylation sites (tertiary alicyclic amines) is 1. The number of hydrogen-bond donors (Lipinski definition) is 2. The third-order valence-corrected chi connectivity index (χ3v) is 4.47. The molecule has 2 radical (unpaired) electrons. The molecule has 3 rings (SSSR count). The molecule has 1 aromatic carbocycles. The molecule has 23 heavy (non-hydrogen) atoms. The lowest BCUT2D eigenvalue weighted by atomic mass is 9.75. The standard InChI is InChI=1S/C9H14BNO2.C8H10O2/c1-11-3-2-5-4-6(10)8(12)9(13)7(5)11;1-9-7-5-3-4-6-8(7)10-2/h4-5,7-9,12-13H,2-3H2,1H3;3-6H,1-2H3. The second-order valence-corrected chi connectivity index (χ2v) is 5.88. The normalized spacial score (nSPS) is 29.9. The molecule has 2 N–H and O–H groups in total. The lowest BCUT2D eigenvalue weighted by Gasteiger charge is -2.36. The summed E-state index contributed by atoms with van der Waals surface area (Å²) < 4.78 is 10.0. The van der Waals surface area contributed by atoms with Crippen molar-refractivity contribution in [2.24, 2.45) is 5.92 Å². The van der Waals surface area contributed by atoms with E-state index in [1.54, 1.807) is 14.2 Å². The Labute approximate surface area is 138 Å². The quantitative estimate of drug-likeness (QED) is 0.790. The van der Waals surface area contributed by atoms with Crippen molar-refractivity contribution in [1.82, 2.24) is 4.90 Å². The number of rotatable bonds is 2. The topological polar surface area (TPSA) is 62.2 Å². The Kier molecular flexibility index (Phi) is 6.10. The second-order valence-electron chi connectivity index (χ2n) is 5.88. The average molecular weight is 317 g/mol. The van der Waals surface area contributed by atoms with Gasteiger partial charge in [0.25, 0.3) is 0 Å². The summed E-state index contributed by atoms with van der Waals surface area (Å²) in [5, 5.41) is 19.3. The van der Waals surface area contributed by atoms with Crippen LogP contribution >= 0.6 is 0 Å². The van der Waals surface area contributed by atoms with Crippen molar-refractivity contribution in [3.05, 3.63) is 35.8 Å². The Morgan fingerprint density at radius 3 is 2.22 bits per heavy atom. The maximum absolute atomic E-state index is 9.78. The molecular weight excluding hydrogens is 293 g/mol. The summed E-state index contributed by atoms with van der Waals surface area (Å²) in [5.41, 5.74) is 0.420. The highest BCUT2D eigenvalue weighted by Crippen LogP contribution is 2.33. The Balaban J connectivity index is 0.000000174. The summed E-state index contributed by atoms with van der Waals surface area (Å²) in [5.74, 6) is 1.85. The van der Waals surface area contributed by atoms with Gasteiger partial charge >= 0.3 is 0 Å². The first kappa shape index (κ1) is 17.9. The van der Waals surface area contributed by atoms with Gasteiger partial charge in [-0.2, -0.15) is 0 Å². The van der Waals surface area contributed by atoms with Crippen LogP contribution in [0.1, 0.15) is 6.42 Å². The average Bonchev–Trinajstić information content (AvgIpc) is 2.94. The van der Waals surface area contributed by atoms with Crippen molar-refractivity contribution >= 4 is 7.85 Å². The van der Waals surface area contributed by atoms with Crippen LogP contribution in [-0.2, 0) is 0 Å². The molecule has 124 valence electrons. The number of fused-ring (bicyclic) bond motifs is 1. The van der Waals surface area contributed by atoms with E-state index < -0.39 is 12.2 Å². The van der Waals surface area contributed by atoms with E-state index in [4.69, 9.17) is 17.3 Å². The highest BCUT2D eigenvalue weighted by molar-refractivity contribution is 6.22. The lowest BCUT2D eigenvalue weighted by Crippen LogP contribution is -2.49. The van der Waals surface area contributed by atoms with Crippen LogP contribution in [0.5, 0.6) is 11.5 Å². The predicted octanol–water partition coefficient (Wildman–Crippen LogP) is 0.798. The number of methoxy groups -OCH3 is 2. The van der Waals surface area contributed by atoms with Crippen molar-refractivity contribution in [3.8, 4) is 11.5 Å². The molecule has 4 atom stereocenters. The highest BCUT2D eigenvalue weighted by Gasteiger charge is 2.42. The minimum atomic E-state index is -0.887. The molecule has 5 nitrogen and oxygen atoms in total. The van der Waals surface area contributed by atoms with Crippen LogP contribution in [-0.4, -0.2) is 69.0 Å². The Morgan fingerprint density at radius 1 is 1.13 bits per heavy atom. The molecule has 0 saturated carbocycles. The van der Waals surface area contributed by atoms with E-state index in [1.165, 1.54) is 0 Å². The molecule has 1 heterocycles. The van der Waals surface area contributed by atoms with Crippen LogP contribution < -0.4 is 9.47 Å². The molecule has 4 unspecified atom stereocenters. The molecule has 2 aliphatic rings. The highest BCUT2D eigenvalue weighted by atomic mass is 16.5. The number of likely N-dealkylation sites (N-methyl/N-ethyl adjacent to an activating group) is 1. The Bertz CT molecular complexity index is 528. The third kappa shape index (κ3) is 3.89. The van der Waals surface area contributed by atoms with Crippen LogP contribution in [0.15, 0.2) is 35.8 Å². The van der Waals surface area contributed by atoms with Crippen LogP contribution in [0.2, 0.25) is 0 Å². The van der Waals surface area contributed by atoms with Crippen molar-refractivity contribution < 1.29 is 19.7 Å². The molecule has 0 spiro atoms. The summed E-state index contributed by atoms with van der Waals surface area (Å²) >= 11 is 0. The molecular formula is C17H24BNO4. The molecule has 0 amide bonds. The number of hydrogen-bond acceptors (Lipinski definition) is 5. The lowest BCUT2D eigenvalue weighted by molar-refractivity contribution is -0.0165. The number of para-hydroxylation sites is 2. The summed E-state index contributed by atoms with van der Waals surface area (Å²) in [7, 11) is 10.8. The third-order valence-electron chi connectivity index (χ3n) is 4.47. The first-order valence-corrected chi connectivity index (χ1v) is 7.70. The molecule has 0 bridgehead atoms. The summed E-state index contributed by atoms with van der Waals surface area (Å²) in [6, 6.07) is 7.57. The van der Waals surface area contributed by atoms with Gasteiger partial charge in [-0.3, -0.25) is 0 Å². The number of ether oxygens (including phenoxy) is 2. The largest absolute Gasteiger partial charge is 0.493 e. The monoisotopic (exact) mass is 317 g/mol. The van der Waals surface area contributed by atoms with Gasteiger partial charge in [-0.25, -0.2) is 0 Å². The number of aliphatic hydroxyl groups excluding tert-OH is 2. The van der Waals surface area contributed by atoms with E-state index in [9.17, 15) is 10.2 Å². The van der Waals surface area contributed by atoms with E-state index in [2.05, 4.69) is 4.90 Å². The number of benzene rings is 1. The molecule has 1 fully saturated rings. The molecule has 6 heteroatoms. The van der Waals surface area contributed by atoms with Crippen molar-refractivity contribution in [2.75, 3.05) is 27.8 Å². The van der Waals surface area contributed by atoms with Crippen molar-refractivity contribution in [2.45, 2.75) is 24.7 Å².